The number of hydrogen-bond acceptors (Lipinski definition) is 7. The molecule has 2 heterocycles. The Balaban J connectivity index is 1.67. The molecule has 2 aliphatic rings. The lowest BCUT2D eigenvalue weighted by Gasteiger charge is -2.28. The van der Waals surface area contributed by atoms with Crippen LogP contribution in [-0.2, 0) is 20.9 Å². The summed E-state index contributed by atoms with van der Waals surface area (Å²) in [5, 5.41) is 12.6. The van der Waals surface area contributed by atoms with E-state index < -0.39 is 11.7 Å². The first-order valence-corrected chi connectivity index (χ1v) is 10.6. The van der Waals surface area contributed by atoms with E-state index >= 15 is 0 Å². The summed E-state index contributed by atoms with van der Waals surface area (Å²) in [7, 11) is 0. The second kappa shape index (κ2) is 10.8. The zero-order valence-electron chi connectivity index (χ0n) is 16.7. The zero-order chi connectivity index (χ0) is 21.5. The first kappa shape index (κ1) is 22.6. The van der Waals surface area contributed by atoms with Gasteiger partial charge in [0.15, 0.2) is 11.6 Å². The topological polar surface area (TPSA) is 108 Å². The molecule has 1 aromatic heterocycles. The first-order valence-electron chi connectivity index (χ1n) is 10.2. The van der Waals surface area contributed by atoms with Crippen LogP contribution in [0.5, 0.6) is 0 Å². The predicted molar refractivity (Wildman–Crippen MR) is 107 cm³/mol. The molecule has 0 bridgehead atoms. The van der Waals surface area contributed by atoms with Crippen molar-refractivity contribution >= 4 is 29.7 Å². The summed E-state index contributed by atoms with van der Waals surface area (Å²) >= 11 is 5.98. The molecule has 2 fully saturated rings. The lowest BCUT2D eigenvalue weighted by molar-refractivity contribution is -0.155. The maximum atomic E-state index is 15.0. The smallest absolute Gasteiger partial charge is 0.233 e. The average molecular weight is 444 g/mol. The number of nitrogens with one attached hydrogen (secondary N) is 1. The summed E-state index contributed by atoms with van der Waals surface area (Å²) in [6.07, 6.45) is 5.11. The number of carbonyl (C=O) groups is 2. The van der Waals surface area contributed by atoms with Crippen LogP contribution in [0.1, 0.15) is 37.8 Å². The van der Waals surface area contributed by atoms with Crippen molar-refractivity contribution in [1.29, 1.82) is 0 Å². The van der Waals surface area contributed by atoms with E-state index in [9.17, 15) is 19.2 Å². The number of carbonyl (C=O) groups excluding carboxylic acids is 2. The summed E-state index contributed by atoms with van der Waals surface area (Å²) in [5.74, 6) is -1.13. The van der Waals surface area contributed by atoms with Crippen LogP contribution in [0.15, 0.2) is 0 Å². The van der Waals surface area contributed by atoms with Crippen LogP contribution in [0.25, 0.3) is 0 Å². The highest BCUT2D eigenvalue weighted by Crippen LogP contribution is 2.30. The number of aromatic nitrogens is 2. The molecule has 166 valence electrons. The van der Waals surface area contributed by atoms with Crippen molar-refractivity contribution in [2.45, 2.75) is 38.6 Å². The highest BCUT2D eigenvalue weighted by Gasteiger charge is 2.28. The van der Waals surface area contributed by atoms with E-state index in [-0.39, 0.29) is 42.2 Å². The molecule has 1 atom stereocenters. The number of halogens is 2. The van der Waals surface area contributed by atoms with E-state index in [0.717, 1.165) is 25.7 Å². The molecule has 1 saturated heterocycles. The number of hydroxylamine groups is 2. The van der Waals surface area contributed by atoms with Crippen LogP contribution in [0.4, 0.5) is 10.2 Å². The Labute approximate surface area is 179 Å². The van der Waals surface area contributed by atoms with Gasteiger partial charge in [0.1, 0.15) is 5.69 Å². The molecular weight excluding hydrogens is 417 g/mol. The van der Waals surface area contributed by atoms with E-state index in [1.165, 1.54) is 0 Å². The van der Waals surface area contributed by atoms with Crippen molar-refractivity contribution in [3.05, 3.63) is 16.8 Å². The lowest BCUT2D eigenvalue weighted by atomic mass is 9.92. The van der Waals surface area contributed by atoms with Gasteiger partial charge in [-0.25, -0.2) is 14.4 Å². The molecule has 1 aliphatic carbocycles. The van der Waals surface area contributed by atoms with Crippen LogP contribution in [0, 0.1) is 17.7 Å². The largest absolute Gasteiger partial charge is 0.378 e. The fraction of sp³-hybridized carbons (Fsp3) is 0.684. The van der Waals surface area contributed by atoms with Gasteiger partial charge in [-0.3, -0.25) is 14.8 Å². The van der Waals surface area contributed by atoms with Crippen molar-refractivity contribution in [3.8, 4) is 0 Å². The van der Waals surface area contributed by atoms with Crippen LogP contribution < -0.4 is 10.2 Å². The van der Waals surface area contributed by atoms with Gasteiger partial charge in [-0.1, -0.05) is 25.7 Å². The fourth-order valence-corrected chi connectivity index (χ4v) is 4.23. The number of ether oxygens (including phenoxy) is 1. The second-order valence-electron chi connectivity index (χ2n) is 7.70. The van der Waals surface area contributed by atoms with Crippen molar-refractivity contribution in [1.82, 2.24) is 20.3 Å². The third kappa shape index (κ3) is 5.99. The number of rotatable bonds is 9. The highest BCUT2D eigenvalue weighted by molar-refractivity contribution is 6.28. The minimum absolute atomic E-state index is 0.0132. The number of hydrogen-bond donors (Lipinski definition) is 2. The minimum Gasteiger partial charge on any atom is -0.378 e. The first-order chi connectivity index (χ1) is 14.5. The minimum atomic E-state index is -0.634. The Morgan fingerprint density at radius 3 is 2.73 bits per heavy atom. The maximum Gasteiger partial charge on any atom is 0.233 e. The SMILES string of the molecule is O=CN(O)C[C@@H](CC1CCCC1)C(=O)NCc1nc(Cl)nc(N2CCOCC2)c1F. The van der Waals surface area contributed by atoms with Gasteiger partial charge < -0.3 is 15.0 Å². The van der Waals surface area contributed by atoms with Gasteiger partial charge in [0, 0.05) is 13.1 Å². The third-order valence-electron chi connectivity index (χ3n) is 5.61. The van der Waals surface area contributed by atoms with Gasteiger partial charge in [-0.2, -0.15) is 4.98 Å². The molecule has 9 nitrogen and oxygen atoms in total. The van der Waals surface area contributed by atoms with Gasteiger partial charge in [0.25, 0.3) is 0 Å². The Hall–Kier alpha value is -2.04. The molecule has 2 amide bonds. The molecule has 1 saturated carbocycles. The van der Waals surface area contributed by atoms with Gasteiger partial charge in [-0.15, -0.1) is 0 Å². The Kier molecular flexibility index (Phi) is 8.17. The van der Waals surface area contributed by atoms with Crippen LogP contribution >= 0.6 is 11.6 Å². The second-order valence-corrected chi connectivity index (χ2v) is 8.04. The quantitative estimate of drug-likeness (QED) is 0.259. The van der Waals surface area contributed by atoms with Crippen LogP contribution in [-0.4, -0.2) is 65.4 Å². The molecule has 30 heavy (non-hydrogen) atoms. The number of nitrogens with zero attached hydrogens (tertiary/aromatic N) is 4. The van der Waals surface area contributed by atoms with Crippen LogP contribution in [0.3, 0.4) is 0 Å². The number of amides is 2. The van der Waals surface area contributed by atoms with E-state index in [1.54, 1.807) is 4.90 Å². The number of anilines is 1. The van der Waals surface area contributed by atoms with Crippen molar-refractivity contribution in [3.63, 3.8) is 0 Å². The molecule has 0 radical (unpaired) electrons. The predicted octanol–water partition coefficient (Wildman–Crippen LogP) is 1.77. The summed E-state index contributed by atoms with van der Waals surface area (Å²) in [4.78, 5) is 33.2. The fourth-order valence-electron chi connectivity index (χ4n) is 4.05. The van der Waals surface area contributed by atoms with E-state index in [4.69, 9.17) is 16.3 Å². The van der Waals surface area contributed by atoms with Gasteiger partial charge >= 0.3 is 0 Å². The molecule has 3 rings (SSSR count). The highest BCUT2D eigenvalue weighted by atomic mass is 35.5. The maximum absolute atomic E-state index is 15.0. The average Bonchev–Trinajstić information content (AvgIpc) is 3.27. The molecule has 1 aliphatic heterocycles. The lowest BCUT2D eigenvalue weighted by Crippen LogP contribution is -2.39. The molecule has 1 aromatic rings. The third-order valence-corrected chi connectivity index (χ3v) is 5.78. The van der Waals surface area contributed by atoms with Gasteiger partial charge in [0.2, 0.25) is 17.6 Å². The summed E-state index contributed by atoms with van der Waals surface area (Å²) in [6.45, 7) is 1.61. The number of morpholine rings is 1. The van der Waals surface area contributed by atoms with Crippen molar-refractivity contribution < 1.29 is 23.9 Å². The zero-order valence-corrected chi connectivity index (χ0v) is 17.5. The van der Waals surface area contributed by atoms with Crippen LogP contribution in [0.2, 0.25) is 5.28 Å². The van der Waals surface area contributed by atoms with Gasteiger partial charge in [-0.05, 0) is 23.9 Å². The Bertz CT molecular complexity index is 744. The van der Waals surface area contributed by atoms with E-state index in [2.05, 4.69) is 15.3 Å². The standard InChI is InChI=1S/C19H27ClFN5O4/c20-19-23-15(16(21)17(24-19)25-5-7-30-8-6-25)10-22-18(28)14(11-26(29)12-27)9-13-3-1-2-4-13/h12-14,29H,1-11H2,(H,22,28)/t14-/m1/s1. The molecule has 0 aromatic carbocycles. The summed E-state index contributed by atoms with van der Waals surface area (Å²) in [5.41, 5.74) is -0.0132. The molecule has 2 N–H and O–H groups in total. The Morgan fingerprint density at radius 2 is 2.07 bits per heavy atom. The molecule has 11 heteroatoms. The van der Waals surface area contributed by atoms with E-state index in [0.29, 0.717) is 43.7 Å². The Morgan fingerprint density at radius 1 is 1.37 bits per heavy atom. The van der Waals surface area contributed by atoms with Crippen molar-refractivity contribution in [2.24, 2.45) is 11.8 Å². The molecular formula is C19H27ClFN5O4. The van der Waals surface area contributed by atoms with E-state index in [1.807, 2.05) is 0 Å². The molecule has 0 unspecified atom stereocenters. The molecule has 0 spiro atoms. The van der Waals surface area contributed by atoms with Crippen molar-refractivity contribution in [2.75, 3.05) is 37.7 Å². The normalized spacial score (nSPS) is 18.3. The summed E-state index contributed by atoms with van der Waals surface area (Å²) in [6, 6.07) is 0. The van der Waals surface area contributed by atoms with Gasteiger partial charge in [0.05, 0.1) is 32.2 Å². The monoisotopic (exact) mass is 443 g/mol. The summed E-state index contributed by atoms with van der Waals surface area (Å²) < 4.78 is 20.2.